The summed E-state index contributed by atoms with van der Waals surface area (Å²) in [6.45, 7) is 10.2. The molecule has 0 saturated carbocycles. The van der Waals surface area contributed by atoms with E-state index in [9.17, 15) is 4.79 Å². The van der Waals surface area contributed by atoms with Crippen LogP contribution in [-0.2, 0) is 11.2 Å². The van der Waals surface area contributed by atoms with Gasteiger partial charge in [-0.25, -0.2) is 4.68 Å². The highest BCUT2D eigenvalue weighted by Gasteiger charge is 2.22. The minimum absolute atomic E-state index is 0.0982. The summed E-state index contributed by atoms with van der Waals surface area (Å²) < 4.78 is 1.81. The number of likely N-dealkylation sites (N-methyl/N-ethyl adjacent to an activating group) is 1. The van der Waals surface area contributed by atoms with Crippen LogP contribution in [0, 0.1) is 19.8 Å². The molecule has 0 aliphatic carbocycles. The van der Waals surface area contributed by atoms with E-state index in [4.69, 9.17) is 23.2 Å². The number of carbonyl (C=O) groups excluding carboxylic acids is 1. The van der Waals surface area contributed by atoms with Crippen molar-refractivity contribution in [3.05, 3.63) is 45.2 Å². The van der Waals surface area contributed by atoms with E-state index in [1.807, 2.05) is 36.5 Å². The molecule has 1 aromatic carbocycles. The molecule has 136 valence electrons. The second-order valence-corrected chi connectivity index (χ2v) is 7.64. The second-order valence-electron chi connectivity index (χ2n) is 6.83. The molecular weight excluding hydrogens is 357 g/mol. The predicted octanol–water partition coefficient (Wildman–Crippen LogP) is 4.84. The SMILES string of the molecule is Cc1nn(-c2ccc(Cl)c(Cl)c2)c(C)c1CC(=O)N(C)[C@H](C)C(C)C. The Morgan fingerprint density at radius 1 is 1.20 bits per heavy atom. The van der Waals surface area contributed by atoms with E-state index in [0.717, 1.165) is 22.6 Å². The predicted molar refractivity (Wildman–Crippen MR) is 104 cm³/mol. The Kier molecular flexibility index (Phi) is 6.17. The van der Waals surface area contributed by atoms with Crippen molar-refractivity contribution < 1.29 is 4.79 Å². The van der Waals surface area contributed by atoms with Crippen LogP contribution in [0.1, 0.15) is 37.7 Å². The Labute approximate surface area is 159 Å². The zero-order valence-electron chi connectivity index (χ0n) is 15.6. The molecule has 1 amide bonds. The molecule has 0 unspecified atom stereocenters. The van der Waals surface area contributed by atoms with Crippen molar-refractivity contribution in [2.24, 2.45) is 5.92 Å². The molecule has 1 heterocycles. The summed E-state index contributed by atoms with van der Waals surface area (Å²) in [6, 6.07) is 5.59. The van der Waals surface area contributed by atoms with Crippen LogP contribution in [-0.4, -0.2) is 33.7 Å². The van der Waals surface area contributed by atoms with Gasteiger partial charge < -0.3 is 4.90 Å². The minimum Gasteiger partial charge on any atom is -0.343 e. The smallest absolute Gasteiger partial charge is 0.227 e. The van der Waals surface area contributed by atoms with E-state index in [-0.39, 0.29) is 11.9 Å². The maximum absolute atomic E-state index is 12.7. The highest BCUT2D eigenvalue weighted by molar-refractivity contribution is 6.42. The van der Waals surface area contributed by atoms with Gasteiger partial charge in [0.15, 0.2) is 0 Å². The van der Waals surface area contributed by atoms with Gasteiger partial charge >= 0.3 is 0 Å². The monoisotopic (exact) mass is 381 g/mol. The molecule has 0 aliphatic heterocycles. The molecule has 2 aromatic rings. The lowest BCUT2D eigenvalue weighted by Crippen LogP contribution is -2.39. The molecule has 2 rings (SSSR count). The lowest BCUT2D eigenvalue weighted by Gasteiger charge is -2.28. The van der Waals surface area contributed by atoms with E-state index in [2.05, 4.69) is 25.9 Å². The number of aryl methyl sites for hydroxylation is 1. The van der Waals surface area contributed by atoms with Crippen LogP contribution < -0.4 is 0 Å². The van der Waals surface area contributed by atoms with Crippen molar-refractivity contribution in [3.63, 3.8) is 0 Å². The highest BCUT2D eigenvalue weighted by Crippen LogP contribution is 2.26. The van der Waals surface area contributed by atoms with E-state index in [1.165, 1.54) is 0 Å². The fourth-order valence-electron chi connectivity index (χ4n) is 2.75. The largest absolute Gasteiger partial charge is 0.343 e. The van der Waals surface area contributed by atoms with Crippen LogP contribution >= 0.6 is 23.2 Å². The molecule has 0 saturated heterocycles. The van der Waals surface area contributed by atoms with E-state index in [1.54, 1.807) is 12.1 Å². The molecule has 0 radical (unpaired) electrons. The summed E-state index contributed by atoms with van der Waals surface area (Å²) >= 11 is 12.1. The maximum atomic E-state index is 12.7. The van der Waals surface area contributed by atoms with Crippen LogP contribution in [0.25, 0.3) is 5.69 Å². The number of hydrogen-bond donors (Lipinski definition) is 0. The number of nitrogens with zero attached hydrogens (tertiary/aromatic N) is 3. The van der Waals surface area contributed by atoms with Crippen molar-refractivity contribution in [2.75, 3.05) is 7.05 Å². The highest BCUT2D eigenvalue weighted by atomic mass is 35.5. The number of amides is 1. The van der Waals surface area contributed by atoms with Crippen LogP contribution in [0.3, 0.4) is 0 Å². The standard InChI is InChI=1S/C19H25Cl2N3O/c1-11(2)13(4)23(6)19(25)10-16-12(3)22-24(14(16)5)15-7-8-17(20)18(21)9-15/h7-9,11,13H,10H2,1-6H3/t13-/m1/s1. The van der Waals surface area contributed by atoms with Crippen molar-refractivity contribution in [2.45, 2.75) is 47.1 Å². The fraction of sp³-hybridized carbons (Fsp3) is 0.474. The van der Waals surface area contributed by atoms with E-state index in [0.29, 0.717) is 22.4 Å². The topological polar surface area (TPSA) is 38.1 Å². The number of halogens is 2. The molecule has 4 nitrogen and oxygen atoms in total. The van der Waals surface area contributed by atoms with Crippen LogP contribution in [0.2, 0.25) is 10.0 Å². The number of hydrogen-bond acceptors (Lipinski definition) is 2. The van der Waals surface area contributed by atoms with Gasteiger partial charge in [-0.15, -0.1) is 0 Å². The first kappa shape index (κ1) is 19.8. The Bertz CT molecular complexity index is 783. The lowest BCUT2D eigenvalue weighted by atomic mass is 10.0. The third-order valence-electron chi connectivity index (χ3n) is 4.89. The molecule has 0 spiro atoms. The van der Waals surface area contributed by atoms with Crippen LogP contribution in [0.15, 0.2) is 18.2 Å². The lowest BCUT2D eigenvalue weighted by molar-refractivity contribution is -0.131. The van der Waals surface area contributed by atoms with Crippen molar-refractivity contribution in [1.29, 1.82) is 0 Å². The molecule has 0 bridgehead atoms. The summed E-state index contributed by atoms with van der Waals surface area (Å²) in [5.74, 6) is 0.510. The number of rotatable bonds is 5. The van der Waals surface area contributed by atoms with Gasteiger partial charge in [0.1, 0.15) is 0 Å². The second kappa shape index (κ2) is 7.79. The van der Waals surface area contributed by atoms with Gasteiger partial charge in [0.25, 0.3) is 0 Å². The van der Waals surface area contributed by atoms with Crippen molar-refractivity contribution >= 4 is 29.1 Å². The van der Waals surface area contributed by atoms with Gasteiger partial charge in [-0.1, -0.05) is 37.0 Å². The molecule has 1 atom stereocenters. The molecule has 0 fully saturated rings. The normalized spacial score (nSPS) is 12.5. The molecule has 0 aliphatic rings. The number of aromatic nitrogens is 2. The van der Waals surface area contributed by atoms with E-state index >= 15 is 0 Å². The summed E-state index contributed by atoms with van der Waals surface area (Å²) in [4.78, 5) is 14.5. The summed E-state index contributed by atoms with van der Waals surface area (Å²) in [7, 11) is 1.86. The Morgan fingerprint density at radius 2 is 1.84 bits per heavy atom. The summed E-state index contributed by atoms with van der Waals surface area (Å²) in [5, 5.41) is 5.58. The fourth-order valence-corrected chi connectivity index (χ4v) is 3.04. The first-order valence-electron chi connectivity index (χ1n) is 8.39. The molecule has 25 heavy (non-hydrogen) atoms. The Balaban J connectivity index is 2.30. The molecule has 0 N–H and O–H groups in total. The van der Waals surface area contributed by atoms with Gasteiger partial charge in [0.2, 0.25) is 5.91 Å². The van der Waals surface area contributed by atoms with Crippen LogP contribution in [0.5, 0.6) is 0 Å². The summed E-state index contributed by atoms with van der Waals surface area (Å²) in [6.07, 6.45) is 0.340. The van der Waals surface area contributed by atoms with Crippen LogP contribution in [0.4, 0.5) is 0 Å². The van der Waals surface area contributed by atoms with Crippen molar-refractivity contribution in [1.82, 2.24) is 14.7 Å². The third-order valence-corrected chi connectivity index (χ3v) is 5.63. The maximum Gasteiger partial charge on any atom is 0.227 e. The zero-order chi connectivity index (χ0) is 18.9. The molecular formula is C19H25Cl2N3O. The first-order valence-corrected chi connectivity index (χ1v) is 9.15. The molecule has 1 aromatic heterocycles. The van der Waals surface area contributed by atoms with Crippen molar-refractivity contribution in [3.8, 4) is 5.69 Å². The van der Waals surface area contributed by atoms with Gasteiger partial charge in [-0.2, -0.15) is 5.10 Å². The number of benzene rings is 1. The Morgan fingerprint density at radius 3 is 2.40 bits per heavy atom. The third kappa shape index (κ3) is 4.18. The van der Waals surface area contributed by atoms with Gasteiger partial charge in [-0.3, -0.25) is 4.79 Å². The number of carbonyl (C=O) groups is 1. The Hall–Kier alpha value is -1.52. The first-order chi connectivity index (χ1) is 11.6. The van der Waals surface area contributed by atoms with Gasteiger partial charge in [0.05, 0.1) is 27.8 Å². The van der Waals surface area contributed by atoms with Gasteiger partial charge in [0, 0.05) is 24.3 Å². The molecule has 6 heteroatoms. The average molecular weight is 382 g/mol. The zero-order valence-corrected chi connectivity index (χ0v) is 17.1. The average Bonchev–Trinajstić information content (AvgIpc) is 2.83. The minimum atomic E-state index is 0.0982. The van der Waals surface area contributed by atoms with Gasteiger partial charge in [-0.05, 0) is 44.9 Å². The summed E-state index contributed by atoms with van der Waals surface area (Å²) in [5.41, 5.74) is 3.58. The van der Waals surface area contributed by atoms with E-state index < -0.39 is 0 Å². The quantitative estimate of drug-likeness (QED) is 0.742.